The Hall–Kier alpha value is -1.69. The molecule has 1 aliphatic rings. The summed E-state index contributed by atoms with van der Waals surface area (Å²) in [5, 5.41) is 0. The third-order valence-corrected chi connectivity index (χ3v) is 3.92. The van der Waals surface area contributed by atoms with Gasteiger partial charge in [-0.05, 0) is 38.3 Å². The van der Waals surface area contributed by atoms with Crippen LogP contribution in [0.4, 0.5) is 8.78 Å². The Labute approximate surface area is 129 Å². The van der Waals surface area contributed by atoms with Gasteiger partial charge in [0.1, 0.15) is 5.82 Å². The number of nitrogens with zero attached hydrogens (tertiary/aromatic N) is 1. The van der Waals surface area contributed by atoms with E-state index in [9.17, 15) is 13.6 Å². The molecule has 2 rings (SSSR count). The molecular weight excluding hydrogens is 290 g/mol. The van der Waals surface area contributed by atoms with Gasteiger partial charge in [-0.2, -0.15) is 0 Å². The Morgan fingerprint density at radius 2 is 2.23 bits per heavy atom. The fourth-order valence-corrected chi connectivity index (χ4v) is 2.72. The van der Waals surface area contributed by atoms with E-state index in [4.69, 9.17) is 10.5 Å². The average Bonchev–Trinajstić information content (AvgIpc) is 2.45. The molecule has 1 aromatic rings. The third-order valence-electron chi connectivity index (χ3n) is 3.92. The number of hydrogen-bond donors (Lipinski definition) is 1. The van der Waals surface area contributed by atoms with Crippen molar-refractivity contribution in [1.29, 1.82) is 0 Å². The zero-order valence-electron chi connectivity index (χ0n) is 12.7. The van der Waals surface area contributed by atoms with E-state index in [-0.39, 0.29) is 30.3 Å². The second-order valence-corrected chi connectivity index (χ2v) is 5.75. The van der Waals surface area contributed by atoms with Gasteiger partial charge in [-0.25, -0.2) is 8.78 Å². The molecule has 0 aromatic heterocycles. The van der Waals surface area contributed by atoms with E-state index in [0.29, 0.717) is 19.4 Å². The first-order valence-corrected chi connectivity index (χ1v) is 7.60. The van der Waals surface area contributed by atoms with Gasteiger partial charge in [-0.15, -0.1) is 0 Å². The van der Waals surface area contributed by atoms with Crippen LogP contribution in [0.2, 0.25) is 0 Å². The Morgan fingerprint density at radius 3 is 2.91 bits per heavy atom. The fraction of sp³-hybridized carbons (Fsp3) is 0.562. The van der Waals surface area contributed by atoms with Gasteiger partial charge in [-0.1, -0.05) is 0 Å². The molecule has 1 fully saturated rings. The minimum absolute atomic E-state index is 0.00571. The van der Waals surface area contributed by atoms with Crippen molar-refractivity contribution in [2.45, 2.75) is 44.7 Å². The molecule has 1 heterocycles. The number of amides is 1. The quantitative estimate of drug-likeness (QED) is 0.850. The topological polar surface area (TPSA) is 55.6 Å². The van der Waals surface area contributed by atoms with Crippen molar-refractivity contribution < 1.29 is 18.3 Å². The molecule has 1 aromatic carbocycles. The van der Waals surface area contributed by atoms with Crippen LogP contribution < -0.4 is 10.5 Å². The number of carbonyl (C=O) groups excluding carboxylic acids is 1. The largest absolute Gasteiger partial charge is 0.491 e. The van der Waals surface area contributed by atoms with Crippen LogP contribution in [0.5, 0.6) is 5.75 Å². The summed E-state index contributed by atoms with van der Waals surface area (Å²) in [5.41, 5.74) is 5.88. The van der Waals surface area contributed by atoms with Crippen LogP contribution in [-0.2, 0) is 4.79 Å². The first-order valence-electron chi connectivity index (χ1n) is 7.60. The second kappa shape index (κ2) is 7.54. The van der Waals surface area contributed by atoms with Gasteiger partial charge in [0.15, 0.2) is 11.6 Å². The SMILES string of the molecule is C[C@@H]1C[C@@H](N)CCN1C(=O)CCCOc1ccc(F)cc1F. The number of nitrogens with two attached hydrogens (primary N) is 1. The summed E-state index contributed by atoms with van der Waals surface area (Å²) < 4.78 is 31.4. The maximum Gasteiger partial charge on any atom is 0.222 e. The molecule has 0 unspecified atom stereocenters. The monoisotopic (exact) mass is 312 g/mol. The van der Waals surface area contributed by atoms with Crippen LogP contribution >= 0.6 is 0 Å². The number of halogens is 2. The van der Waals surface area contributed by atoms with Crippen molar-refractivity contribution >= 4 is 5.91 Å². The minimum atomic E-state index is -0.732. The number of ether oxygens (including phenoxy) is 1. The number of benzene rings is 1. The molecule has 1 aliphatic heterocycles. The van der Waals surface area contributed by atoms with E-state index in [1.54, 1.807) is 0 Å². The third kappa shape index (κ3) is 4.40. The molecule has 22 heavy (non-hydrogen) atoms. The lowest BCUT2D eigenvalue weighted by molar-refractivity contribution is -0.134. The molecule has 2 N–H and O–H groups in total. The van der Waals surface area contributed by atoms with Gasteiger partial charge in [0.05, 0.1) is 6.61 Å². The highest BCUT2D eigenvalue weighted by Gasteiger charge is 2.26. The van der Waals surface area contributed by atoms with Crippen molar-refractivity contribution in [2.75, 3.05) is 13.2 Å². The van der Waals surface area contributed by atoms with Gasteiger partial charge >= 0.3 is 0 Å². The molecule has 4 nitrogen and oxygen atoms in total. The maximum absolute atomic E-state index is 13.4. The molecular formula is C16H22F2N2O2. The van der Waals surface area contributed by atoms with Crippen LogP contribution in [0, 0.1) is 11.6 Å². The smallest absolute Gasteiger partial charge is 0.222 e. The van der Waals surface area contributed by atoms with E-state index in [1.165, 1.54) is 6.07 Å². The van der Waals surface area contributed by atoms with Crippen molar-refractivity contribution in [3.05, 3.63) is 29.8 Å². The van der Waals surface area contributed by atoms with Crippen molar-refractivity contribution in [2.24, 2.45) is 5.73 Å². The van der Waals surface area contributed by atoms with E-state index in [2.05, 4.69) is 0 Å². The van der Waals surface area contributed by atoms with E-state index in [0.717, 1.165) is 25.0 Å². The first-order chi connectivity index (χ1) is 10.5. The molecule has 0 aliphatic carbocycles. The summed E-state index contributed by atoms with van der Waals surface area (Å²) in [6.07, 6.45) is 2.49. The van der Waals surface area contributed by atoms with Gasteiger partial charge in [0.25, 0.3) is 0 Å². The molecule has 1 amide bonds. The van der Waals surface area contributed by atoms with Crippen molar-refractivity contribution in [3.63, 3.8) is 0 Å². The number of carbonyl (C=O) groups is 1. The molecule has 2 atom stereocenters. The lowest BCUT2D eigenvalue weighted by Crippen LogP contribution is -2.48. The van der Waals surface area contributed by atoms with Crippen molar-refractivity contribution in [1.82, 2.24) is 4.90 Å². The Bertz CT molecular complexity index is 525. The summed E-state index contributed by atoms with van der Waals surface area (Å²) in [4.78, 5) is 14.0. The molecule has 0 spiro atoms. The summed E-state index contributed by atoms with van der Waals surface area (Å²) in [5.74, 6) is -1.30. The molecule has 0 bridgehead atoms. The van der Waals surface area contributed by atoms with E-state index < -0.39 is 11.6 Å². The number of likely N-dealkylation sites (tertiary alicyclic amines) is 1. The summed E-state index contributed by atoms with van der Waals surface area (Å²) in [6.45, 7) is 2.91. The standard InChI is InChI=1S/C16H22F2N2O2/c1-11-9-13(19)6-7-20(11)16(21)3-2-8-22-15-5-4-12(17)10-14(15)18/h4-5,10-11,13H,2-3,6-9,19H2,1H3/t11-,13+/m1/s1. The normalized spacial score (nSPS) is 21.7. The Kier molecular flexibility index (Phi) is 5.71. The molecule has 6 heteroatoms. The maximum atomic E-state index is 13.4. The average molecular weight is 312 g/mol. The summed E-state index contributed by atoms with van der Waals surface area (Å²) in [7, 11) is 0. The van der Waals surface area contributed by atoms with Gasteiger partial charge in [0, 0.05) is 31.1 Å². The molecule has 0 saturated carbocycles. The van der Waals surface area contributed by atoms with E-state index in [1.807, 2.05) is 11.8 Å². The predicted molar refractivity (Wildman–Crippen MR) is 79.5 cm³/mol. The fourth-order valence-electron chi connectivity index (χ4n) is 2.72. The zero-order chi connectivity index (χ0) is 16.1. The Balaban J connectivity index is 1.73. The summed E-state index contributed by atoms with van der Waals surface area (Å²) in [6, 6.07) is 3.50. The highest BCUT2D eigenvalue weighted by atomic mass is 19.1. The lowest BCUT2D eigenvalue weighted by atomic mass is 9.98. The zero-order valence-corrected chi connectivity index (χ0v) is 12.7. The predicted octanol–water partition coefficient (Wildman–Crippen LogP) is 2.46. The van der Waals surface area contributed by atoms with Crippen LogP contribution in [-0.4, -0.2) is 36.0 Å². The number of rotatable bonds is 5. The van der Waals surface area contributed by atoms with Crippen LogP contribution in [0.15, 0.2) is 18.2 Å². The van der Waals surface area contributed by atoms with Gasteiger partial charge < -0.3 is 15.4 Å². The first kappa shape index (κ1) is 16.7. The van der Waals surface area contributed by atoms with Gasteiger partial charge in [0.2, 0.25) is 5.91 Å². The molecule has 0 radical (unpaired) electrons. The highest BCUT2D eigenvalue weighted by Crippen LogP contribution is 2.19. The van der Waals surface area contributed by atoms with Crippen LogP contribution in [0.25, 0.3) is 0 Å². The lowest BCUT2D eigenvalue weighted by Gasteiger charge is -2.36. The number of hydrogen-bond acceptors (Lipinski definition) is 3. The van der Waals surface area contributed by atoms with Gasteiger partial charge in [-0.3, -0.25) is 4.79 Å². The molecule has 1 saturated heterocycles. The summed E-state index contributed by atoms with van der Waals surface area (Å²) >= 11 is 0. The van der Waals surface area contributed by atoms with Crippen LogP contribution in [0.1, 0.15) is 32.6 Å². The second-order valence-electron chi connectivity index (χ2n) is 5.75. The highest BCUT2D eigenvalue weighted by molar-refractivity contribution is 5.76. The van der Waals surface area contributed by atoms with Crippen LogP contribution in [0.3, 0.4) is 0 Å². The molecule has 122 valence electrons. The Morgan fingerprint density at radius 1 is 1.45 bits per heavy atom. The number of piperidine rings is 1. The van der Waals surface area contributed by atoms with Crippen molar-refractivity contribution in [3.8, 4) is 5.75 Å². The minimum Gasteiger partial charge on any atom is -0.491 e. The van der Waals surface area contributed by atoms with E-state index >= 15 is 0 Å².